The SMILES string of the molecule is CC(C)(C)Cc1cccc2c(-c3ncnc4c3oc3c5ccccc5ccc43)cccc12. The molecule has 0 aliphatic heterocycles. The monoisotopic (exact) mass is 416 g/mol. The van der Waals surface area contributed by atoms with Crippen LogP contribution >= 0.6 is 0 Å². The quantitative estimate of drug-likeness (QED) is 0.287. The summed E-state index contributed by atoms with van der Waals surface area (Å²) in [7, 11) is 0. The molecular formula is C29H24N2O. The zero-order valence-electron chi connectivity index (χ0n) is 18.5. The van der Waals surface area contributed by atoms with Crippen LogP contribution < -0.4 is 0 Å². The molecule has 0 bridgehead atoms. The van der Waals surface area contributed by atoms with Crippen molar-refractivity contribution in [1.29, 1.82) is 0 Å². The number of aromatic nitrogens is 2. The van der Waals surface area contributed by atoms with Gasteiger partial charge < -0.3 is 4.42 Å². The Morgan fingerprint density at radius 3 is 2.34 bits per heavy atom. The van der Waals surface area contributed by atoms with Gasteiger partial charge in [0.2, 0.25) is 0 Å². The number of rotatable bonds is 2. The predicted octanol–water partition coefficient (Wildman–Crippen LogP) is 7.94. The Balaban J connectivity index is 1.65. The third kappa shape index (κ3) is 2.96. The molecule has 3 heteroatoms. The van der Waals surface area contributed by atoms with E-state index in [9.17, 15) is 0 Å². The Bertz CT molecular complexity index is 1640. The summed E-state index contributed by atoms with van der Waals surface area (Å²) in [4.78, 5) is 9.31. The first-order valence-electron chi connectivity index (χ1n) is 11.1. The minimum atomic E-state index is 0.215. The molecule has 0 N–H and O–H groups in total. The van der Waals surface area contributed by atoms with E-state index in [-0.39, 0.29) is 5.41 Å². The molecule has 4 aromatic carbocycles. The summed E-state index contributed by atoms with van der Waals surface area (Å²) >= 11 is 0. The van der Waals surface area contributed by atoms with Crippen LogP contribution in [0.4, 0.5) is 0 Å². The molecule has 6 aromatic rings. The van der Waals surface area contributed by atoms with Crippen LogP contribution in [0.5, 0.6) is 0 Å². The van der Waals surface area contributed by atoms with E-state index in [0.717, 1.165) is 50.5 Å². The van der Waals surface area contributed by atoms with E-state index >= 15 is 0 Å². The summed E-state index contributed by atoms with van der Waals surface area (Å²) < 4.78 is 6.49. The second-order valence-electron chi connectivity index (χ2n) is 9.72. The van der Waals surface area contributed by atoms with Gasteiger partial charge in [-0.25, -0.2) is 9.97 Å². The third-order valence-corrected chi connectivity index (χ3v) is 6.13. The molecule has 2 heterocycles. The summed E-state index contributed by atoms with van der Waals surface area (Å²) in [5.74, 6) is 0. The molecule has 0 radical (unpaired) electrons. The van der Waals surface area contributed by atoms with Crippen LogP contribution in [-0.4, -0.2) is 9.97 Å². The lowest BCUT2D eigenvalue weighted by Crippen LogP contribution is -2.09. The fourth-order valence-electron chi connectivity index (χ4n) is 4.80. The van der Waals surface area contributed by atoms with Crippen LogP contribution in [0, 0.1) is 5.41 Å². The molecular weight excluding hydrogens is 392 g/mol. The largest absolute Gasteiger partial charge is 0.451 e. The molecule has 0 amide bonds. The summed E-state index contributed by atoms with van der Waals surface area (Å²) in [6.07, 6.45) is 2.67. The lowest BCUT2D eigenvalue weighted by atomic mass is 9.85. The lowest BCUT2D eigenvalue weighted by molar-refractivity contribution is 0.412. The normalized spacial score (nSPS) is 12.3. The van der Waals surface area contributed by atoms with E-state index < -0.39 is 0 Å². The molecule has 0 aliphatic carbocycles. The lowest BCUT2D eigenvalue weighted by Gasteiger charge is -2.20. The fourth-order valence-corrected chi connectivity index (χ4v) is 4.80. The highest BCUT2D eigenvalue weighted by molar-refractivity contribution is 6.16. The average molecular weight is 417 g/mol. The molecule has 3 nitrogen and oxygen atoms in total. The number of fused-ring (bicyclic) bond motifs is 6. The Labute approximate surface area is 186 Å². The van der Waals surface area contributed by atoms with Crippen LogP contribution in [0.3, 0.4) is 0 Å². The first-order valence-corrected chi connectivity index (χ1v) is 11.1. The molecule has 156 valence electrons. The van der Waals surface area contributed by atoms with Crippen molar-refractivity contribution in [3.8, 4) is 11.3 Å². The molecule has 32 heavy (non-hydrogen) atoms. The van der Waals surface area contributed by atoms with Crippen molar-refractivity contribution < 1.29 is 4.42 Å². The molecule has 0 saturated heterocycles. The first kappa shape index (κ1) is 19.0. The number of benzene rings is 4. The molecule has 0 fully saturated rings. The van der Waals surface area contributed by atoms with Crippen molar-refractivity contribution in [1.82, 2.24) is 9.97 Å². The van der Waals surface area contributed by atoms with Crippen molar-refractivity contribution in [2.45, 2.75) is 27.2 Å². The van der Waals surface area contributed by atoms with Crippen LogP contribution in [0.25, 0.3) is 54.9 Å². The maximum atomic E-state index is 6.49. The molecule has 6 rings (SSSR count). The Kier molecular flexibility index (Phi) is 4.09. The molecule has 2 aromatic heterocycles. The molecule has 0 atom stereocenters. The number of hydrogen-bond donors (Lipinski definition) is 0. The van der Waals surface area contributed by atoms with Gasteiger partial charge in [0.15, 0.2) is 5.58 Å². The number of nitrogens with zero attached hydrogens (tertiary/aromatic N) is 2. The van der Waals surface area contributed by atoms with E-state index in [2.05, 4.69) is 86.4 Å². The van der Waals surface area contributed by atoms with E-state index in [1.165, 1.54) is 16.3 Å². The molecule has 0 saturated carbocycles. The van der Waals surface area contributed by atoms with Gasteiger partial charge in [-0.05, 0) is 39.6 Å². The summed E-state index contributed by atoms with van der Waals surface area (Å²) in [5.41, 5.74) is 5.96. The van der Waals surface area contributed by atoms with Gasteiger partial charge in [0.05, 0.1) is 0 Å². The van der Waals surface area contributed by atoms with Gasteiger partial charge in [0, 0.05) is 16.3 Å². The molecule has 0 aliphatic rings. The van der Waals surface area contributed by atoms with Gasteiger partial charge in [0.25, 0.3) is 0 Å². The topological polar surface area (TPSA) is 38.9 Å². The summed E-state index contributed by atoms with van der Waals surface area (Å²) in [5, 5.41) is 5.74. The zero-order valence-corrected chi connectivity index (χ0v) is 18.5. The second-order valence-corrected chi connectivity index (χ2v) is 9.72. The van der Waals surface area contributed by atoms with Crippen LogP contribution in [0.2, 0.25) is 0 Å². The van der Waals surface area contributed by atoms with Crippen molar-refractivity contribution in [2.75, 3.05) is 0 Å². The van der Waals surface area contributed by atoms with Gasteiger partial charge in [-0.3, -0.25) is 0 Å². The maximum absolute atomic E-state index is 6.49. The van der Waals surface area contributed by atoms with Gasteiger partial charge in [-0.1, -0.05) is 87.5 Å². The Morgan fingerprint density at radius 1 is 0.688 bits per heavy atom. The number of hydrogen-bond acceptors (Lipinski definition) is 3. The van der Waals surface area contributed by atoms with Crippen LogP contribution in [-0.2, 0) is 6.42 Å². The van der Waals surface area contributed by atoms with E-state index in [1.54, 1.807) is 6.33 Å². The minimum Gasteiger partial charge on any atom is -0.451 e. The van der Waals surface area contributed by atoms with E-state index in [1.807, 2.05) is 12.1 Å². The summed E-state index contributed by atoms with van der Waals surface area (Å²) in [6.45, 7) is 6.84. The fraction of sp³-hybridized carbons (Fsp3) is 0.172. The van der Waals surface area contributed by atoms with Crippen LogP contribution in [0.1, 0.15) is 26.3 Å². The average Bonchev–Trinajstić information content (AvgIpc) is 3.17. The van der Waals surface area contributed by atoms with Gasteiger partial charge in [-0.15, -0.1) is 0 Å². The highest BCUT2D eigenvalue weighted by atomic mass is 16.3. The highest BCUT2D eigenvalue weighted by Gasteiger charge is 2.19. The third-order valence-electron chi connectivity index (χ3n) is 6.13. The first-order chi connectivity index (χ1) is 15.5. The van der Waals surface area contributed by atoms with Crippen molar-refractivity contribution in [3.05, 3.63) is 84.7 Å². The van der Waals surface area contributed by atoms with Crippen LogP contribution in [0.15, 0.2) is 83.5 Å². The van der Waals surface area contributed by atoms with Gasteiger partial charge in [0.1, 0.15) is 23.1 Å². The molecule has 0 unspecified atom stereocenters. The standard InChI is InChI=1S/C29H24N2O/c1-29(2,3)16-19-9-6-12-22-20(19)11-7-13-23(22)25-28-26(31-17-30-25)24-15-14-18-8-4-5-10-21(18)27(24)32-28/h4-15,17H,16H2,1-3H3. The smallest absolute Gasteiger partial charge is 0.180 e. The molecule has 0 spiro atoms. The second kappa shape index (κ2) is 6.89. The predicted molar refractivity (Wildman–Crippen MR) is 133 cm³/mol. The highest BCUT2D eigenvalue weighted by Crippen LogP contribution is 2.39. The van der Waals surface area contributed by atoms with Crippen molar-refractivity contribution >= 4 is 43.6 Å². The van der Waals surface area contributed by atoms with Crippen molar-refractivity contribution in [3.63, 3.8) is 0 Å². The number of furan rings is 1. The van der Waals surface area contributed by atoms with Gasteiger partial charge in [-0.2, -0.15) is 0 Å². The minimum absolute atomic E-state index is 0.215. The Morgan fingerprint density at radius 2 is 1.47 bits per heavy atom. The van der Waals surface area contributed by atoms with Gasteiger partial charge >= 0.3 is 0 Å². The summed E-state index contributed by atoms with van der Waals surface area (Å²) in [6, 6.07) is 25.6. The maximum Gasteiger partial charge on any atom is 0.180 e. The zero-order chi connectivity index (χ0) is 21.9. The van der Waals surface area contributed by atoms with E-state index in [4.69, 9.17) is 9.40 Å². The Hall–Kier alpha value is -3.72. The van der Waals surface area contributed by atoms with E-state index in [0.29, 0.717) is 0 Å². The van der Waals surface area contributed by atoms with Crippen molar-refractivity contribution in [2.24, 2.45) is 5.41 Å².